The molecule has 0 amide bonds. The second kappa shape index (κ2) is 7.01. The summed E-state index contributed by atoms with van der Waals surface area (Å²) in [5, 5.41) is 3.48. The van der Waals surface area contributed by atoms with E-state index >= 15 is 0 Å². The van der Waals surface area contributed by atoms with Crippen molar-refractivity contribution < 1.29 is 9.47 Å². The van der Waals surface area contributed by atoms with Gasteiger partial charge in [0, 0.05) is 20.8 Å². The number of aromatic nitrogens is 2. The summed E-state index contributed by atoms with van der Waals surface area (Å²) in [6.45, 7) is 1.09. The van der Waals surface area contributed by atoms with Crippen LogP contribution in [-0.2, 0) is 9.47 Å². The Balaban J connectivity index is 2.56. The van der Waals surface area contributed by atoms with E-state index < -0.39 is 0 Å². The number of methoxy groups -OCH3 is 2. The van der Waals surface area contributed by atoms with Crippen molar-refractivity contribution in [3.05, 3.63) is 16.0 Å². The van der Waals surface area contributed by atoms with Crippen LogP contribution in [0.5, 0.6) is 0 Å². The molecular weight excluding hydrogens is 297 g/mol. The van der Waals surface area contributed by atoms with Crippen LogP contribution in [0.25, 0.3) is 0 Å². The van der Waals surface area contributed by atoms with Crippen molar-refractivity contribution >= 4 is 33.3 Å². The molecule has 1 heterocycles. The first kappa shape index (κ1) is 13.6. The highest BCUT2D eigenvalue weighted by Crippen LogP contribution is 2.25. The number of ether oxygens (including phenoxy) is 2. The van der Waals surface area contributed by atoms with E-state index in [1.165, 1.54) is 6.33 Å². The lowest BCUT2D eigenvalue weighted by molar-refractivity contribution is 0.0365. The molecule has 90 valence electrons. The molecule has 1 N–H and O–H groups in total. The van der Waals surface area contributed by atoms with Crippen LogP contribution in [-0.4, -0.2) is 43.4 Å². The van der Waals surface area contributed by atoms with Gasteiger partial charge in [-0.3, -0.25) is 0 Å². The van der Waals surface area contributed by atoms with Gasteiger partial charge < -0.3 is 14.8 Å². The fourth-order valence-corrected chi connectivity index (χ4v) is 1.56. The molecule has 0 radical (unpaired) electrons. The number of hydrogen-bond acceptors (Lipinski definition) is 5. The van der Waals surface area contributed by atoms with Crippen LogP contribution in [0, 0.1) is 0 Å². The minimum Gasteiger partial charge on any atom is -0.382 e. The molecule has 0 saturated carbocycles. The Morgan fingerprint density at radius 3 is 2.88 bits per heavy atom. The molecule has 1 atom stereocenters. The van der Waals surface area contributed by atoms with Crippen LogP contribution in [0.3, 0.4) is 0 Å². The fourth-order valence-electron chi connectivity index (χ4n) is 1.08. The van der Waals surface area contributed by atoms with Crippen molar-refractivity contribution in [2.24, 2.45) is 0 Å². The Bertz CT molecular complexity index is 341. The molecule has 16 heavy (non-hydrogen) atoms. The average Bonchev–Trinajstić information content (AvgIpc) is 2.29. The third-order valence-electron chi connectivity index (χ3n) is 1.93. The summed E-state index contributed by atoms with van der Waals surface area (Å²) in [6.07, 6.45) is 1.36. The van der Waals surface area contributed by atoms with Crippen molar-refractivity contribution in [2.75, 3.05) is 32.7 Å². The van der Waals surface area contributed by atoms with Gasteiger partial charge in [-0.05, 0) is 15.9 Å². The lowest BCUT2D eigenvalue weighted by atomic mass is 10.3. The summed E-state index contributed by atoms with van der Waals surface area (Å²) in [5.41, 5.74) is 0. The van der Waals surface area contributed by atoms with E-state index in [4.69, 9.17) is 21.1 Å². The summed E-state index contributed by atoms with van der Waals surface area (Å²) < 4.78 is 10.8. The molecule has 0 aliphatic rings. The molecule has 1 unspecified atom stereocenters. The highest BCUT2D eigenvalue weighted by molar-refractivity contribution is 9.10. The Labute approximate surface area is 108 Å². The third-order valence-corrected chi connectivity index (χ3v) is 3.20. The van der Waals surface area contributed by atoms with E-state index in [0.29, 0.717) is 28.6 Å². The van der Waals surface area contributed by atoms with Gasteiger partial charge in [0.2, 0.25) is 0 Å². The summed E-state index contributed by atoms with van der Waals surface area (Å²) in [6, 6.07) is 0. The molecular formula is C9H13BrClN3O2. The van der Waals surface area contributed by atoms with Crippen LogP contribution >= 0.6 is 27.5 Å². The summed E-state index contributed by atoms with van der Waals surface area (Å²) in [5.74, 6) is 0.637. The van der Waals surface area contributed by atoms with E-state index in [1.54, 1.807) is 14.2 Å². The topological polar surface area (TPSA) is 56.3 Å². The Hall–Kier alpha value is -0.430. The van der Waals surface area contributed by atoms with Crippen LogP contribution in [0.1, 0.15) is 0 Å². The van der Waals surface area contributed by atoms with E-state index in [2.05, 4.69) is 31.2 Å². The standard InChI is InChI=1S/C9H13BrClN3O2/c1-15-4-6(16-2)3-12-9-7(10)8(11)13-5-14-9/h5-6H,3-4H2,1-2H3,(H,12,13,14). The molecule has 7 heteroatoms. The van der Waals surface area contributed by atoms with Crippen molar-refractivity contribution in [2.45, 2.75) is 6.10 Å². The smallest absolute Gasteiger partial charge is 0.148 e. The first-order chi connectivity index (χ1) is 7.69. The first-order valence-electron chi connectivity index (χ1n) is 4.60. The van der Waals surface area contributed by atoms with Crippen LogP contribution < -0.4 is 5.32 Å². The molecule has 0 aromatic carbocycles. The second-order valence-corrected chi connectivity index (χ2v) is 4.17. The molecule has 0 bridgehead atoms. The fraction of sp³-hybridized carbons (Fsp3) is 0.556. The lowest BCUT2D eigenvalue weighted by Crippen LogP contribution is -2.27. The molecule has 1 aromatic rings. The molecule has 0 spiro atoms. The van der Waals surface area contributed by atoms with Gasteiger partial charge in [0.15, 0.2) is 0 Å². The van der Waals surface area contributed by atoms with Gasteiger partial charge in [0.05, 0.1) is 17.2 Å². The Morgan fingerprint density at radius 1 is 1.50 bits per heavy atom. The highest BCUT2D eigenvalue weighted by Gasteiger charge is 2.10. The number of halogens is 2. The highest BCUT2D eigenvalue weighted by atomic mass is 79.9. The average molecular weight is 311 g/mol. The van der Waals surface area contributed by atoms with Gasteiger partial charge in [-0.25, -0.2) is 9.97 Å². The van der Waals surface area contributed by atoms with Gasteiger partial charge in [0.25, 0.3) is 0 Å². The van der Waals surface area contributed by atoms with Crippen LogP contribution in [0.15, 0.2) is 10.8 Å². The third kappa shape index (κ3) is 3.86. The molecule has 5 nitrogen and oxygen atoms in total. The van der Waals surface area contributed by atoms with Gasteiger partial charge in [-0.15, -0.1) is 0 Å². The minimum atomic E-state index is -0.0364. The summed E-state index contributed by atoms with van der Waals surface area (Å²) >= 11 is 9.13. The normalized spacial score (nSPS) is 12.5. The van der Waals surface area contributed by atoms with Gasteiger partial charge in [-0.2, -0.15) is 0 Å². The zero-order chi connectivity index (χ0) is 12.0. The molecule has 0 saturated heterocycles. The van der Waals surface area contributed by atoms with Crippen molar-refractivity contribution in [1.82, 2.24) is 9.97 Å². The largest absolute Gasteiger partial charge is 0.382 e. The Kier molecular flexibility index (Phi) is 5.97. The predicted octanol–water partition coefficient (Wildman–Crippen LogP) is 1.97. The quantitative estimate of drug-likeness (QED) is 0.814. The molecule has 0 aliphatic heterocycles. The van der Waals surface area contributed by atoms with Gasteiger partial charge in [0.1, 0.15) is 17.3 Å². The maximum Gasteiger partial charge on any atom is 0.148 e. The maximum absolute atomic E-state index is 5.83. The van der Waals surface area contributed by atoms with Gasteiger partial charge >= 0.3 is 0 Å². The monoisotopic (exact) mass is 309 g/mol. The molecule has 0 fully saturated rings. The molecule has 1 aromatic heterocycles. The first-order valence-corrected chi connectivity index (χ1v) is 5.77. The van der Waals surface area contributed by atoms with Gasteiger partial charge in [-0.1, -0.05) is 11.6 Å². The number of rotatable bonds is 6. The lowest BCUT2D eigenvalue weighted by Gasteiger charge is -2.15. The zero-order valence-corrected chi connectivity index (χ0v) is 11.4. The maximum atomic E-state index is 5.83. The molecule has 1 rings (SSSR count). The number of nitrogens with one attached hydrogen (secondary N) is 1. The summed E-state index contributed by atoms with van der Waals surface area (Å²) in [7, 11) is 3.26. The predicted molar refractivity (Wildman–Crippen MR) is 65.9 cm³/mol. The summed E-state index contributed by atoms with van der Waals surface area (Å²) in [4.78, 5) is 7.89. The van der Waals surface area contributed by atoms with Crippen LogP contribution in [0.4, 0.5) is 5.82 Å². The Morgan fingerprint density at radius 2 is 2.25 bits per heavy atom. The SMILES string of the molecule is COCC(CNc1ncnc(Cl)c1Br)OC. The van der Waals surface area contributed by atoms with Crippen molar-refractivity contribution in [1.29, 1.82) is 0 Å². The van der Waals surface area contributed by atoms with Crippen molar-refractivity contribution in [3.8, 4) is 0 Å². The minimum absolute atomic E-state index is 0.0364. The van der Waals surface area contributed by atoms with E-state index in [1.807, 2.05) is 0 Å². The number of anilines is 1. The number of hydrogen-bond donors (Lipinski definition) is 1. The second-order valence-electron chi connectivity index (χ2n) is 3.02. The molecule has 0 aliphatic carbocycles. The van der Waals surface area contributed by atoms with E-state index in [0.717, 1.165) is 0 Å². The van der Waals surface area contributed by atoms with Crippen LogP contribution in [0.2, 0.25) is 5.15 Å². The van der Waals surface area contributed by atoms with E-state index in [-0.39, 0.29) is 6.10 Å². The number of nitrogens with zero attached hydrogens (tertiary/aromatic N) is 2. The van der Waals surface area contributed by atoms with E-state index in [9.17, 15) is 0 Å². The zero-order valence-electron chi connectivity index (χ0n) is 9.04. The van der Waals surface area contributed by atoms with Crippen molar-refractivity contribution in [3.63, 3.8) is 0 Å².